The third kappa shape index (κ3) is 4.26. The van der Waals surface area contributed by atoms with Gasteiger partial charge in [0.2, 0.25) is 11.5 Å². The lowest BCUT2D eigenvalue weighted by Gasteiger charge is -2.41. The van der Waals surface area contributed by atoms with Crippen molar-refractivity contribution in [3.8, 4) is 0 Å². The van der Waals surface area contributed by atoms with Crippen LogP contribution in [0.4, 0.5) is 15.8 Å². The highest BCUT2D eigenvalue weighted by Crippen LogP contribution is 2.24. The summed E-state index contributed by atoms with van der Waals surface area (Å²) in [6, 6.07) is 13.6. The van der Waals surface area contributed by atoms with Crippen molar-refractivity contribution in [1.82, 2.24) is 9.88 Å². The van der Waals surface area contributed by atoms with Gasteiger partial charge in [0.25, 0.3) is 0 Å². The number of hydrogen-bond donors (Lipinski definition) is 2. The van der Waals surface area contributed by atoms with Gasteiger partial charge in [-0.25, -0.2) is 4.39 Å². The van der Waals surface area contributed by atoms with Crippen molar-refractivity contribution in [2.24, 2.45) is 0 Å². The maximum atomic E-state index is 13.8. The van der Waals surface area contributed by atoms with Crippen molar-refractivity contribution in [3.05, 3.63) is 69.7 Å². The molecule has 30 heavy (non-hydrogen) atoms. The molecule has 156 valence electrons. The summed E-state index contributed by atoms with van der Waals surface area (Å²) >= 11 is 5.77. The topological polar surface area (TPSA) is 68.4 Å². The summed E-state index contributed by atoms with van der Waals surface area (Å²) in [6.07, 6.45) is 0. The largest absolute Gasteiger partial charge is 0.376 e. The van der Waals surface area contributed by atoms with E-state index in [9.17, 15) is 14.0 Å². The minimum atomic E-state index is -0.441. The average Bonchev–Trinajstić information content (AvgIpc) is 2.73. The lowest BCUT2D eigenvalue weighted by atomic mass is 10.1. The second-order valence-electron chi connectivity index (χ2n) is 7.46. The molecule has 4 rings (SSSR count). The minimum Gasteiger partial charge on any atom is -0.376 e. The number of aromatic nitrogens is 1. The number of anilines is 2. The zero-order valence-electron chi connectivity index (χ0n) is 16.5. The molecule has 1 aromatic heterocycles. The molecule has 2 aromatic carbocycles. The van der Waals surface area contributed by atoms with E-state index in [0.29, 0.717) is 19.6 Å². The Morgan fingerprint density at radius 1 is 1.20 bits per heavy atom. The fourth-order valence-corrected chi connectivity index (χ4v) is 3.91. The average molecular weight is 429 g/mol. The molecule has 1 aliphatic rings. The number of aromatic amines is 1. The number of pyridine rings is 1. The fraction of sp³-hybridized carbons (Fsp3) is 0.273. The van der Waals surface area contributed by atoms with Gasteiger partial charge < -0.3 is 20.1 Å². The first-order valence-corrected chi connectivity index (χ1v) is 10.1. The van der Waals surface area contributed by atoms with E-state index in [-0.39, 0.29) is 29.1 Å². The molecular formula is C22H22ClFN4O2. The highest BCUT2D eigenvalue weighted by Gasteiger charge is 2.27. The lowest BCUT2D eigenvalue weighted by Crippen LogP contribution is -2.55. The zero-order valence-corrected chi connectivity index (χ0v) is 17.2. The van der Waals surface area contributed by atoms with Gasteiger partial charge in [-0.15, -0.1) is 0 Å². The summed E-state index contributed by atoms with van der Waals surface area (Å²) in [5.74, 6) is -0.435. The first-order valence-electron chi connectivity index (χ1n) is 9.77. The first kappa shape index (κ1) is 20.2. The molecule has 0 saturated carbocycles. The second-order valence-corrected chi connectivity index (χ2v) is 7.87. The van der Waals surface area contributed by atoms with Crippen molar-refractivity contribution >= 4 is 39.8 Å². The number of nitrogens with one attached hydrogen (secondary N) is 2. The Hall–Kier alpha value is -3.06. The Morgan fingerprint density at radius 2 is 2.03 bits per heavy atom. The Kier molecular flexibility index (Phi) is 5.63. The molecule has 0 radical (unpaired) electrons. The monoisotopic (exact) mass is 428 g/mol. The predicted molar refractivity (Wildman–Crippen MR) is 118 cm³/mol. The number of halogens is 2. The molecule has 1 atom stereocenters. The molecule has 0 spiro atoms. The second kappa shape index (κ2) is 8.36. The lowest BCUT2D eigenvalue weighted by molar-refractivity contribution is -0.131. The third-order valence-electron chi connectivity index (χ3n) is 5.38. The molecule has 6 nitrogen and oxygen atoms in total. The van der Waals surface area contributed by atoms with Crippen LogP contribution in [0.15, 0.2) is 53.3 Å². The number of carbonyl (C=O) groups is 1. The van der Waals surface area contributed by atoms with Gasteiger partial charge in [-0.05, 0) is 49.4 Å². The quantitative estimate of drug-likeness (QED) is 0.667. The number of H-pyrrole nitrogens is 1. The Labute approximate surface area is 178 Å². The first-order chi connectivity index (χ1) is 14.4. The number of benzene rings is 2. The Balaban J connectivity index is 1.36. The summed E-state index contributed by atoms with van der Waals surface area (Å²) in [6.45, 7) is 3.97. The van der Waals surface area contributed by atoms with Crippen molar-refractivity contribution in [3.63, 3.8) is 0 Å². The summed E-state index contributed by atoms with van der Waals surface area (Å²) in [7, 11) is 0. The molecule has 0 unspecified atom stereocenters. The van der Waals surface area contributed by atoms with Gasteiger partial charge in [-0.3, -0.25) is 9.59 Å². The summed E-state index contributed by atoms with van der Waals surface area (Å²) in [5.41, 5.74) is 2.18. The number of fused-ring (bicyclic) bond motifs is 1. The van der Waals surface area contributed by atoms with Crippen molar-refractivity contribution < 1.29 is 9.18 Å². The number of piperazine rings is 1. The smallest absolute Gasteiger partial charge is 0.248 e. The van der Waals surface area contributed by atoms with Crippen LogP contribution in [0, 0.1) is 5.82 Å². The van der Waals surface area contributed by atoms with E-state index < -0.39 is 5.82 Å². The number of rotatable bonds is 4. The van der Waals surface area contributed by atoms with Gasteiger partial charge in [-0.1, -0.05) is 11.6 Å². The Morgan fingerprint density at radius 3 is 2.80 bits per heavy atom. The normalized spacial score (nSPS) is 16.7. The molecule has 1 amide bonds. The van der Waals surface area contributed by atoms with E-state index in [2.05, 4.69) is 15.2 Å². The molecule has 2 N–H and O–H groups in total. The van der Waals surface area contributed by atoms with Crippen LogP contribution in [0.1, 0.15) is 6.92 Å². The summed E-state index contributed by atoms with van der Waals surface area (Å²) in [5, 5.41) is 4.16. The summed E-state index contributed by atoms with van der Waals surface area (Å²) < 4.78 is 13.8. The van der Waals surface area contributed by atoms with Crippen LogP contribution in [0.2, 0.25) is 5.02 Å². The number of nitrogens with zero attached hydrogens (tertiary/aromatic N) is 2. The molecule has 0 bridgehead atoms. The van der Waals surface area contributed by atoms with Crippen molar-refractivity contribution in [1.29, 1.82) is 0 Å². The van der Waals surface area contributed by atoms with Gasteiger partial charge in [0.05, 0.1) is 11.6 Å². The maximum Gasteiger partial charge on any atom is 0.248 e. The van der Waals surface area contributed by atoms with Gasteiger partial charge in [0.1, 0.15) is 5.82 Å². The number of hydrogen-bond acceptors (Lipinski definition) is 4. The van der Waals surface area contributed by atoms with E-state index >= 15 is 0 Å². The van der Waals surface area contributed by atoms with Gasteiger partial charge >= 0.3 is 0 Å². The van der Waals surface area contributed by atoms with Crippen LogP contribution in [0.5, 0.6) is 0 Å². The van der Waals surface area contributed by atoms with E-state index in [1.165, 1.54) is 12.1 Å². The number of amides is 1. The summed E-state index contributed by atoms with van der Waals surface area (Å²) in [4.78, 5) is 30.8. The number of carbonyl (C=O) groups excluding carboxylic acids is 1. The van der Waals surface area contributed by atoms with Crippen LogP contribution >= 0.6 is 11.6 Å². The van der Waals surface area contributed by atoms with Crippen LogP contribution in [-0.4, -0.2) is 48.0 Å². The van der Waals surface area contributed by atoms with Gasteiger partial charge in [0.15, 0.2) is 0 Å². The van der Waals surface area contributed by atoms with Gasteiger partial charge in [0, 0.05) is 54.0 Å². The van der Waals surface area contributed by atoms with Crippen LogP contribution in [0.3, 0.4) is 0 Å². The molecule has 2 heterocycles. The minimum absolute atomic E-state index is 0.00556. The molecule has 0 aliphatic carbocycles. The van der Waals surface area contributed by atoms with E-state index in [1.807, 2.05) is 30.0 Å². The van der Waals surface area contributed by atoms with E-state index in [4.69, 9.17) is 11.6 Å². The molecule has 1 aliphatic heterocycles. The molecular weight excluding hydrogens is 407 g/mol. The van der Waals surface area contributed by atoms with Crippen LogP contribution in [0.25, 0.3) is 10.9 Å². The van der Waals surface area contributed by atoms with Gasteiger partial charge in [-0.2, -0.15) is 0 Å². The molecule has 1 saturated heterocycles. The maximum absolute atomic E-state index is 13.8. The standard InChI is InChI=1S/C22H22ClFN4O2/c1-14-13-27(17-4-5-18(23)19(24)11-17)8-9-28(14)22(30)12-25-16-3-6-20-15(10-16)2-7-21(29)26-20/h2-7,10-11,14,25H,8-9,12-13H2,1H3,(H,26,29)/t14-/m1/s1. The van der Waals surface area contributed by atoms with Crippen LogP contribution < -0.4 is 15.8 Å². The predicted octanol–water partition coefficient (Wildman–Crippen LogP) is 3.47. The third-order valence-corrected chi connectivity index (χ3v) is 5.69. The van der Waals surface area contributed by atoms with Crippen molar-refractivity contribution in [2.75, 3.05) is 36.4 Å². The van der Waals surface area contributed by atoms with E-state index in [0.717, 1.165) is 22.3 Å². The van der Waals surface area contributed by atoms with E-state index in [1.54, 1.807) is 18.2 Å². The highest BCUT2D eigenvalue weighted by atomic mass is 35.5. The highest BCUT2D eigenvalue weighted by molar-refractivity contribution is 6.30. The van der Waals surface area contributed by atoms with Crippen molar-refractivity contribution in [2.45, 2.75) is 13.0 Å². The molecule has 3 aromatic rings. The Bertz CT molecular complexity index is 1150. The zero-order chi connectivity index (χ0) is 21.3. The molecule has 8 heteroatoms. The fourth-order valence-electron chi connectivity index (χ4n) is 3.79. The molecule has 1 fully saturated rings. The SMILES string of the molecule is C[C@@H]1CN(c2ccc(Cl)c(F)c2)CCN1C(=O)CNc1ccc2[nH]c(=O)ccc2c1. The van der Waals surface area contributed by atoms with Crippen LogP contribution in [-0.2, 0) is 4.79 Å².